The molecule has 2 aromatic rings. The zero-order chi connectivity index (χ0) is 20.2. The maximum atomic E-state index is 12.4. The summed E-state index contributed by atoms with van der Waals surface area (Å²) in [4.78, 5) is 25.8. The van der Waals surface area contributed by atoms with Crippen LogP contribution in [0.25, 0.3) is 0 Å². The molecule has 8 nitrogen and oxygen atoms in total. The third kappa shape index (κ3) is 5.09. The molecule has 1 saturated carbocycles. The Hall–Kier alpha value is -2.55. The first kappa shape index (κ1) is 19.8. The molecule has 1 aromatic heterocycles. The number of hydrogen-bond donors (Lipinski definition) is 2. The van der Waals surface area contributed by atoms with Crippen LogP contribution in [0.2, 0.25) is 0 Å². The van der Waals surface area contributed by atoms with Gasteiger partial charge in [-0.3, -0.25) is 14.2 Å². The van der Waals surface area contributed by atoms with E-state index in [9.17, 15) is 9.59 Å². The first-order chi connectivity index (χ1) is 14.1. The number of anilines is 3. The van der Waals surface area contributed by atoms with Crippen molar-refractivity contribution in [1.29, 1.82) is 0 Å². The summed E-state index contributed by atoms with van der Waals surface area (Å²) in [6.07, 6.45) is 5.98. The number of benzene rings is 1. The zero-order valence-corrected chi connectivity index (χ0v) is 17.4. The lowest BCUT2D eigenvalue weighted by Gasteiger charge is -2.27. The fourth-order valence-electron chi connectivity index (χ4n) is 3.50. The number of amides is 2. The highest BCUT2D eigenvalue weighted by Gasteiger charge is 2.32. The molecule has 0 bridgehead atoms. The Balaban J connectivity index is 1.35. The quantitative estimate of drug-likeness (QED) is 0.676. The largest absolute Gasteiger partial charge is 0.341 e. The molecule has 4 rings (SSSR count). The van der Waals surface area contributed by atoms with Crippen LogP contribution in [0.3, 0.4) is 0 Å². The van der Waals surface area contributed by atoms with Crippen LogP contribution in [0, 0.1) is 0 Å². The monoisotopic (exact) mass is 414 g/mol. The Morgan fingerprint density at radius 2 is 1.69 bits per heavy atom. The van der Waals surface area contributed by atoms with Gasteiger partial charge in [0.05, 0.1) is 5.75 Å². The van der Waals surface area contributed by atoms with Gasteiger partial charge >= 0.3 is 0 Å². The molecule has 2 aliphatic rings. The van der Waals surface area contributed by atoms with Crippen molar-refractivity contribution in [2.45, 2.75) is 50.2 Å². The van der Waals surface area contributed by atoms with E-state index in [1.807, 2.05) is 0 Å². The van der Waals surface area contributed by atoms with Crippen molar-refractivity contribution in [3.63, 3.8) is 0 Å². The second-order valence-electron chi connectivity index (χ2n) is 7.53. The minimum atomic E-state index is -0.123. The Kier molecular flexibility index (Phi) is 6.03. The summed E-state index contributed by atoms with van der Waals surface area (Å²) in [6, 6.07) is 7.54. The minimum absolute atomic E-state index is 0.0906. The van der Waals surface area contributed by atoms with E-state index < -0.39 is 0 Å². The average molecular weight is 415 g/mol. The summed E-state index contributed by atoms with van der Waals surface area (Å²) in [7, 11) is 0. The van der Waals surface area contributed by atoms with E-state index in [0.717, 1.165) is 37.0 Å². The van der Waals surface area contributed by atoms with Crippen LogP contribution in [0.15, 0.2) is 29.4 Å². The molecule has 1 aliphatic heterocycles. The number of rotatable bonds is 7. The average Bonchev–Trinajstić information content (AvgIpc) is 3.47. The molecule has 2 amide bonds. The van der Waals surface area contributed by atoms with Gasteiger partial charge in [-0.05, 0) is 56.4 Å². The summed E-state index contributed by atoms with van der Waals surface area (Å²) in [5.74, 6) is 1.02. The van der Waals surface area contributed by atoms with Gasteiger partial charge in [0, 0.05) is 37.4 Å². The van der Waals surface area contributed by atoms with Gasteiger partial charge in [0.1, 0.15) is 0 Å². The van der Waals surface area contributed by atoms with Crippen molar-refractivity contribution >= 4 is 40.9 Å². The molecule has 29 heavy (non-hydrogen) atoms. The molecule has 0 unspecified atom stereocenters. The lowest BCUT2D eigenvalue weighted by molar-refractivity contribution is -0.114. The minimum Gasteiger partial charge on any atom is -0.341 e. The Morgan fingerprint density at radius 3 is 2.31 bits per heavy atom. The van der Waals surface area contributed by atoms with Crippen LogP contribution in [0.1, 0.15) is 45.1 Å². The molecule has 1 aliphatic carbocycles. The van der Waals surface area contributed by atoms with Gasteiger partial charge in [-0.2, -0.15) is 0 Å². The summed E-state index contributed by atoms with van der Waals surface area (Å²) >= 11 is 1.43. The molecule has 154 valence electrons. The van der Waals surface area contributed by atoms with Crippen LogP contribution in [0.5, 0.6) is 0 Å². The standard InChI is InChI=1S/C20H26N6O2S/c1-14(27)21-15-5-7-16(8-6-15)22-18(28)13-29-20-24-23-19(26(20)17-9-10-17)25-11-3-2-4-12-25/h5-8,17H,2-4,9-13H2,1H3,(H,21,27)(H,22,28). The third-order valence-corrected chi connectivity index (χ3v) is 5.96. The molecule has 1 aromatic carbocycles. The highest BCUT2D eigenvalue weighted by Crippen LogP contribution is 2.41. The lowest BCUT2D eigenvalue weighted by Crippen LogP contribution is -2.32. The Morgan fingerprint density at radius 1 is 1.03 bits per heavy atom. The normalized spacial score (nSPS) is 16.5. The van der Waals surface area contributed by atoms with Crippen molar-refractivity contribution in [2.24, 2.45) is 0 Å². The highest BCUT2D eigenvalue weighted by atomic mass is 32.2. The lowest BCUT2D eigenvalue weighted by atomic mass is 10.1. The first-order valence-corrected chi connectivity index (χ1v) is 11.1. The Bertz CT molecular complexity index is 872. The van der Waals surface area contributed by atoms with E-state index in [-0.39, 0.29) is 17.6 Å². The van der Waals surface area contributed by atoms with Gasteiger partial charge in [-0.1, -0.05) is 11.8 Å². The highest BCUT2D eigenvalue weighted by molar-refractivity contribution is 7.99. The van der Waals surface area contributed by atoms with Crippen LogP contribution in [0.4, 0.5) is 17.3 Å². The van der Waals surface area contributed by atoms with Crippen molar-refractivity contribution < 1.29 is 9.59 Å². The summed E-state index contributed by atoms with van der Waals surface area (Å²) in [6.45, 7) is 3.53. The summed E-state index contributed by atoms with van der Waals surface area (Å²) < 4.78 is 2.23. The Labute approximate surface area is 174 Å². The number of thioether (sulfide) groups is 1. The number of nitrogens with zero attached hydrogens (tertiary/aromatic N) is 4. The molecular weight excluding hydrogens is 388 g/mol. The fourth-order valence-corrected chi connectivity index (χ4v) is 4.30. The second-order valence-corrected chi connectivity index (χ2v) is 8.47. The smallest absolute Gasteiger partial charge is 0.234 e. The van der Waals surface area contributed by atoms with Gasteiger partial charge in [-0.25, -0.2) is 0 Å². The van der Waals surface area contributed by atoms with Crippen molar-refractivity contribution in [3.8, 4) is 0 Å². The molecule has 0 atom stereocenters. The van der Waals surface area contributed by atoms with Gasteiger partial charge in [0.15, 0.2) is 5.16 Å². The molecular formula is C20H26N6O2S. The molecule has 2 fully saturated rings. The molecule has 2 heterocycles. The maximum absolute atomic E-state index is 12.4. The topological polar surface area (TPSA) is 92.2 Å². The van der Waals surface area contributed by atoms with Gasteiger partial charge < -0.3 is 15.5 Å². The van der Waals surface area contributed by atoms with Crippen molar-refractivity contribution in [1.82, 2.24) is 14.8 Å². The van der Waals surface area contributed by atoms with E-state index in [1.54, 1.807) is 24.3 Å². The molecule has 2 N–H and O–H groups in total. The van der Waals surface area contributed by atoms with E-state index in [2.05, 4.69) is 30.3 Å². The second kappa shape index (κ2) is 8.86. The van der Waals surface area contributed by atoms with E-state index >= 15 is 0 Å². The van der Waals surface area contributed by atoms with Gasteiger partial charge in [-0.15, -0.1) is 10.2 Å². The predicted molar refractivity (Wildman–Crippen MR) is 114 cm³/mol. The van der Waals surface area contributed by atoms with E-state index in [4.69, 9.17) is 0 Å². The molecule has 9 heteroatoms. The first-order valence-electron chi connectivity index (χ1n) is 10.1. The number of carbonyl (C=O) groups is 2. The third-order valence-electron chi connectivity index (χ3n) is 5.02. The number of hydrogen-bond acceptors (Lipinski definition) is 6. The number of carbonyl (C=O) groups excluding carboxylic acids is 2. The molecule has 1 saturated heterocycles. The van der Waals surface area contributed by atoms with Crippen LogP contribution in [-0.4, -0.2) is 45.4 Å². The maximum Gasteiger partial charge on any atom is 0.234 e. The van der Waals surface area contributed by atoms with Crippen molar-refractivity contribution in [2.75, 3.05) is 34.4 Å². The fraction of sp³-hybridized carbons (Fsp3) is 0.500. The predicted octanol–water partition coefficient (Wildman–Crippen LogP) is 3.29. The van der Waals surface area contributed by atoms with Gasteiger partial charge in [0.25, 0.3) is 0 Å². The van der Waals surface area contributed by atoms with Crippen molar-refractivity contribution in [3.05, 3.63) is 24.3 Å². The number of aromatic nitrogens is 3. The van der Waals surface area contributed by atoms with Crippen LogP contribution in [-0.2, 0) is 9.59 Å². The molecule has 0 spiro atoms. The zero-order valence-electron chi connectivity index (χ0n) is 16.6. The number of piperidine rings is 1. The van der Waals surface area contributed by atoms with Crippen LogP contribution >= 0.6 is 11.8 Å². The molecule has 0 radical (unpaired) electrons. The summed E-state index contributed by atoms with van der Waals surface area (Å²) in [5, 5.41) is 15.2. The van der Waals surface area contributed by atoms with E-state index in [1.165, 1.54) is 37.9 Å². The van der Waals surface area contributed by atoms with Crippen LogP contribution < -0.4 is 15.5 Å². The number of nitrogens with one attached hydrogen (secondary N) is 2. The SMILES string of the molecule is CC(=O)Nc1ccc(NC(=O)CSc2nnc(N3CCCCC3)n2C2CC2)cc1. The van der Waals surface area contributed by atoms with E-state index in [0.29, 0.717) is 17.4 Å². The van der Waals surface area contributed by atoms with Gasteiger partial charge in [0.2, 0.25) is 17.8 Å². The summed E-state index contributed by atoms with van der Waals surface area (Å²) in [5.41, 5.74) is 1.40.